The maximum absolute atomic E-state index is 10.1. The van der Waals surface area contributed by atoms with Crippen LogP contribution in [0, 0.1) is 11.3 Å². The van der Waals surface area contributed by atoms with Crippen molar-refractivity contribution < 1.29 is 14.0 Å². The number of hydrogen-bond donors (Lipinski definition) is 1. The lowest BCUT2D eigenvalue weighted by Crippen LogP contribution is -2.70. The van der Waals surface area contributed by atoms with E-state index < -0.39 is 5.41 Å². The highest BCUT2D eigenvalue weighted by atomic mass is 16.5. The molecule has 3 fully saturated rings. The van der Waals surface area contributed by atoms with Crippen molar-refractivity contribution in [1.82, 2.24) is 24.9 Å². The van der Waals surface area contributed by atoms with Gasteiger partial charge >= 0.3 is 0 Å². The predicted octanol–water partition coefficient (Wildman–Crippen LogP) is 3.54. The van der Waals surface area contributed by atoms with Crippen LogP contribution >= 0.6 is 0 Å². The number of nitrogens with two attached hydrogens (primary N) is 1. The Kier molecular flexibility index (Phi) is 6.82. The molecule has 0 bridgehead atoms. The molecule has 5 aliphatic rings. The summed E-state index contributed by atoms with van der Waals surface area (Å²) < 4.78 is 18.6. The third-order valence-corrected chi connectivity index (χ3v) is 11.4. The number of nitriles is 1. The van der Waals surface area contributed by atoms with Crippen LogP contribution < -0.4 is 15.4 Å². The SMILES string of the molecule is C[C@H](Oc1cc(N2CCN(C)C3(COC3)C2)nc(-c2noc3c2CCC[C@@]32CCc3ccc(N)c(C#N)c32)n1)C1CCCN1C. The molecule has 1 aromatic carbocycles. The van der Waals surface area contributed by atoms with Crippen molar-refractivity contribution in [3.05, 3.63) is 46.2 Å². The topological polar surface area (TPSA) is 130 Å². The molecule has 3 aliphatic heterocycles. The summed E-state index contributed by atoms with van der Waals surface area (Å²) in [6.07, 6.45) is 6.68. The fourth-order valence-corrected chi connectivity index (χ4v) is 8.71. The zero-order chi connectivity index (χ0) is 30.9. The number of anilines is 2. The molecular formula is C34H42N8O3. The molecule has 2 aliphatic carbocycles. The van der Waals surface area contributed by atoms with Gasteiger partial charge in [0.1, 0.15) is 18.0 Å². The molecule has 3 aromatic rings. The van der Waals surface area contributed by atoms with Crippen LogP contribution in [-0.2, 0) is 23.0 Å². The van der Waals surface area contributed by atoms with Crippen LogP contribution in [0.2, 0.25) is 0 Å². The summed E-state index contributed by atoms with van der Waals surface area (Å²) in [5, 5.41) is 14.8. The largest absolute Gasteiger partial charge is 0.473 e. The number of likely N-dealkylation sites (N-methyl/N-ethyl adjacent to an activating group) is 2. The van der Waals surface area contributed by atoms with Crippen LogP contribution in [-0.4, -0.2) is 96.1 Å². The van der Waals surface area contributed by atoms with E-state index >= 15 is 0 Å². The Labute approximate surface area is 264 Å². The molecule has 2 aromatic heterocycles. The number of rotatable bonds is 5. The van der Waals surface area contributed by atoms with Crippen LogP contribution in [0.25, 0.3) is 11.5 Å². The van der Waals surface area contributed by atoms with Crippen molar-refractivity contribution in [3.63, 3.8) is 0 Å². The van der Waals surface area contributed by atoms with Crippen LogP contribution in [0.1, 0.15) is 67.0 Å². The van der Waals surface area contributed by atoms with E-state index in [4.69, 9.17) is 29.7 Å². The molecule has 2 N–H and O–H groups in total. The third-order valence-electron chi connectivity index (χ3n) is 11.4. The first-order valence-electron chi connectivity index (χ1n) is 16.4. The van der Waals surface area contributed by atoms with E-state index in [9.17, 15) is 5.26 Å². The smallest absolute Gasteiger partial charge is 0.219 e. The van der Waals surface area contributed by atoms with Crippen LogP contribution in [0.3, 0.4) is 0 Å². The van der Waals surface area contributed by atoms with E-state index in [2.05, 4.69) is 53.0 Å². The van der Waals surface area contributed by atoms with E-state index in [0.717, 1.165) is 101 Å². The van der Waals surface area contributed by atoms with Gasteiger partial charge in [0.05, 0.1) is 29.7 Å². The average Bonchev–Trinajstić information content (AvgIpc) is 3.75. The second-order valence-electron chi connectivity index (χ2n) is 13.9. The van der Waals surface area contributed by atoms with Gasteiger partial charge in [-0.15, -0.1) is 0 Å². The van der Waals surface area contributed by atoms with Crippen LogP contribution in [0.4, 0.5) is 11.5 Å². The van der Waals surface area contributed by atoms with E-state index in [0.29, 0.717) is 34.7 Å². The summed E-state index contributed by atoms with van der Waals surface area (Å²) >= 11 is 0. The Morgan fingerprint density at radius 1 is 1.11 bits per heavy atom. The lowest BCUT2D eigenvalue weighted by atomic mass is 9.68. The van der Waals surface area contributed by atoms with Gasteiger partial charge in [0.15, 0.2) is 17.3 Å². The van der Waals surface area contributed by atoms with Gasteiger partial charge in [-0.25, -0.2) is 4.98 Å². The molecule has 0 radical (unpaired) electrons. The molecule has 8 rings (SSSR count). The number of ether oxygens (including phenoxy) is 2. The summed E-state index contributed by atoms with van der Waals surface area (Å²) in [5.41, 5.74) is 10.9. The highest BCUT2D eigenvalue weighted by Crippen LogP contribution is 2.54. The molecule has 3 atom stereocenters. The van der Waals surface area contributed by atoms with Crippen LogP contribution in [0.5, 0.6) is 5.88 Å². The Balaban J connectivity index is 1.21. The van der Waals surface area contributed by atoms with Crippen molar-refractivity contribution >= 4 is 11.5 Å². The summed E-state index contributed by atoms with van der Waals surface area (Å²) in [5.74, 6) is 2.77. The number of nitrogens with zero attached hydrogens (tertiary/aromatic N) is 7. The monoisotopic (exact) mass is 610 g/mol. The molecule has 2 spiro atoms. The summed E-state index contributed by atoms with van der Waals surface area (Å²) in [4.78, 5) is 17.3. The maximum atomic E-state index is 10.1. The van der Waals surface area contributed by atoms with Gasteiger partial charge in [-0.05, 0) is 89.7 Å². The molecule has 0 amide bonds. The number of benzene rings is 1. The van der Waals surface area contributed by atoms with Gasteiger partial charge in [-0.2, -0.15) is 10.2 Å². The Morgan fingerprint density at radius 2 is 1.98 bits per heavy atom. The molecule has 11 nitrogen and oxygen atoms in total. The molecule has 3 saturated heterocycles. The predicted molar refractivity (Wildman–Crippen MR) is 169 cm³/mol. The normalized spacial score (nSPS) is 26.4. The van der Waals surface area contributed by atoms with Gasteiger partial charge in [-0.1, -0.05) is 11.2 Å². The number of aromatic nitrogens is 3. The molecule has 236 valence electrons. The van der Waals surface area contributed by atoms with Crippen molar-refractivity contribution in [1.29, 1.82) is 5.26 Å². The minimum atomic E-state index is -0.415. The maximum Gasteiger partial charge on any atom is 0.219 e. The molecule has 45 heavy (non-hydrogen) atoms. The number of hydrogen-bond acceptors (Lipinski definition) is 11. The first-order chi connectivity index (χ1) is 21.8. The average molecular weight is 611 g/mol. The number of piperazine rings is 1. The minimum absolute atomic E-state index is 0.000169. The lowest BCUT2D eigenvalue weighted by Gasteiger charge is -2.54. The number of aryl methyl sites for hydroxylation is 1. The molecule has 5 heterocycles. The minimum Gasteiger partial charge on any atom is -0.473 e. The number of fused-ring (bicyclic) bond motifs is 4. The molecular weight excluding hydrogens is 568 g/mol. The summed E-state index contributed by atoms with van der Waals surface area (Å²) in [6, 6.07) is 8.67. The number of likely N-dealkylation sites (tertiary alicyclic amines) is 1. The van der Waals surface area contributed by atoms with Crippen molar-refractivity contribution in [2.75, 3.05) is 64.1 Å². The second-order valence-corrected chi connectivity index (χ2v) is 13.9. The first kappa shape index (κ1) is 28.7. The lowest BCUT2D eigenvalue weighted by molar-refractivity contribution is -0.134. The summed E-state index contributed by atoms with van der Waals surface area (Å²) in [7, 11) is 4.35. The zero-order valence-corrected chi connectivity index (χ0v) is 26.5. The fourth-order valence-electron chi connectivity index (χ4n) is 8.71. The highest BCUT2D eigenvalue weighted by molar-refractivity contribution is 5.68. The Hall–Kier alpha value is -3.72. The van der Waals surface area contributed by atoms with E-state index in [1.165, 1.54) is 12.0 Å². The fraction of sp³-hybridized carbons (Fsp3) is 0.588. The molecule has 11 heteroatoms. The zero-order valence-electron chi connectivity index (χ0n) is 26.5. The first-order valence-corrected chi connectivity index (χ1v) is 16.4. The van der Waals surface area contributed by atoms with E-state index in [1.807, 2.05) is 12.1 Å². The van der Waals surface area contributed by atoms with Gasteiger partial charge in [0.2, 0.25) is 5.88 Å². The van der Waals surface area contributed by atoms with Crippen molar-refractivity contribution in [2.45, 2.75) is 75.0 Å². The van der Waals surface area contributed by atoms with Gasteiger partial charge < -0.3 is 24.6 Å². The van der Waals surface area contributed by atoms with Crippen LogP contribution in [0.15, 0.2) is 22.7 Å². The summed E-state index contributed by atoms with van der Waals surface area (Å²) in [6.45, 7) is 7.28. The van der Waals surface area contributed by atoms with Gasteiger partial charge in [0, 0.05) is 43.0 Å². The Morgan fingerprint density at radius 3 is 2.73 bits per heavy atom. The standard InChI is InChI=1S/C34H42N8O3/c1-21(26-7-5-13-40(26)2)44-28-16-27(42-15-14-41(3)33(18-42)19-43-20-33)37-32(38-28)30-23-6-4-11-34(31(23)45-39-30)12-10-22-8-9-25(36)24(17-35)29(22)34/h8-9,16,21,26H,4-7,10-15,18-20,36H2,1-3H3/t21-,26?,34-/m0/s1. The van der Waals surface area contributed by atoms with Crippen molar-refractivity contribution in [2.24, 2.45) is 0 Å². The van der Waals surface area contributed by atoms with Gasteiger partial charge in [0.25, 0.3) is 0 Å². The molecule has 1 unspecified atom stereocenters. The Bertz CT molecular complexity index is 1680. The second kappa shape index (κ2) is 10.7. The number of nitrogen functional groups attached to an aromatic ring is 1. The third kappa shape index (κ3) is 4.44. The molecule has 0 saturated carbocycles. The van der Waals surface area contributed by atoms with E-state index in [1.54, 1.807) is 0 Å². The van der Waals surface area contributed by atoms with Gasteiger partial charge in [-0.3, -0.25) is 9.80 Å². The van der Waals surface area contributed by atoms with E-state index in [-0.39, 0.29) is 11.6 Å². The highest BCUT2D eigenvalue weighted by Gasteiger charge is 2.50. The quantitative estimate of drug-likeness (QED) is 0.426. The van der Waals surface area contributed by atoms with Crippen molar-refractivity contribution in [3.8, 4) is 23.5 Å².